The molecule has 0 bridgehead atoms. The van der Waals surface area contributed by atoms with Crippen LogP contribution < -0.4 is 0 Å². The monoisotopic (exact) mass is 599 g/mol. The van der Waals surface area contributed by atoms with Crippen LogP contribution in [0.15, 0.2) is 18.2 Å². The maximum atomic E-state index is 15.5. The third-order valence-electron chi connectivity index (χ3n) is 7.87. The molecule has 41 heavy (non-hydrogen) atoms. The van der Waals surface area contributed by atoms with Crippen molar-refractivity contribution >= 4 is 12.0 Å². The summed E-state index contributed by atoms with van der Waals surface area (Å²) in [4.78, 5) is 28.7. The molecule has 3 aliphatic rings. The molecule has 0 aromatic heterocycles. The second-order valence-electron chi connectivity index (χ2n) is 12.1. The Morgan fingerprint density at radius 3 is 2.00 bits per heavy atom. The lowest BCUT2D eigenvalue weighted by Crippen LogP contribution is -2.49. The van der Waals surface area contributed by atoms with Crippen molar-refractivity contribution in [3.05, 3.63) is 34.9 Å². The number of rotatable bonds is 5. The summed E-state index contributed by atoms with van der Waals surface area (Å²) < 4.78 is 118. The van der Waals surface area contributed by atoms with Gasteiger partial charge in [0.15, 0.2) is 0 Å². The van der Waals surface area contributed by atoms with Crippen LogP contribution in [0.25, 0.3) is 0 Å². The topological polar surface area (TPSA) is 53.1 Å². The number of ether oxygens (including phenoxy) is 1. The van der Waals surface area contributed by atoms with Crippen molar-refractivity contribution in [1.82, 2.24) is 14.7 Å². The van der Waals surface area contributed by atoms with Crippen LogP contribution in [0.3, 0.4) is 0 Å². The number of amides is 2. The summed E-state index contributed by atoms with van der Waals surface area (Å²) in [6.45, 7) is 5.31. The van der Waals surface area contributed by atoms with Gasteiger partial charge in [-0.25, -0.2) is 13.6 Å². The van der Waals surface area contributed by atoms with E-state index in [2.05, 4.69) is 0 Å². The van der Waals surface area contributed by atoms with Crippen molar-refractivity contribution in [2.45, 2.75) is 70.5 Å². The first-order valence-electron chi connectivity index (χ1n) is 13.4. The number of likely N-dealkylation sites (tertiary alicyclic amines) is 1. The fourth-order valence-electron chi connectivity index (χ4n) is 5.40. The number of benzene rings is 1. The molecule has 1 aromatic rings. The molecule has 1 aliphatic carbocycles. The molecule has 14 heteroatoms. The van der Waals surface area contributed by atoms with Gasteiger partial charge >= 0.3 is 18.4 Å². The normalized spacial score (nSPS) is 22.2. The first-order valence-corrected chi connectivity index (χ1v) is 13.4. The molecule has 0 spiro atoms. The Balaban J connectivity index is 1.45. The molecule has 0 unspecified atom stereocenters. The summed E-state index contributed by atoms with van der Waals surface area (Å²) >= 11 is 0. The largest absolute Gasteiger partial charge is 0.444 e. The van der Waals surface area contributed by atoms with E-state index < -0.39 is 84.1 Å². The molecule has 2 saturated heterocycles. The molecule has 1 atom stereocenters. The van der Waals surface area contributed by atoms with Gasteiger partial charge in [0.1, 0.15) is 11.0 Å². The SMILES string of the molecule is CC(C)(C)OC(=O)N1CCN(Cc2ccc(C(F)(F)[C@@H]3CCN(C(=O)C4(C(F)(F)F)CC4)C3)c(C(F)(F)F)c2)CC1. The van der Waals surface area contributed by atoms with E-state index in [9.17, 15) is 35.9 Å². The zero-order chi connectivity index (χ0) is 30.6. The van der Waals surface area contributed by atoms with E-state index in [1.165, 1.54) is 11.0 Å². The molecule has 3 fully saturated rings. The van der Waals surface area contributed by atoms with Crippen LogP contribution in [0.2, 0.25) is 0 Å². The summed E-state index contributed by atoms with van der Waals surface area (Å²) in [5.74, 6) is -7.09. The maximum Gasteiger partial charge on any atom is 0.416 e. The number of halogens is 8. The van der Waals surface area contributed by atoms with Crippen LogP contribution >= 0.6 is 0 Å². The van der Waals surface area contributed by atoms with Gasteiger partial charge in [0.05, 0.1) is 5.56 Å². The summed E-state index contributed by atoms with van der Waals surface area (Å²) in [6, 6.07) is 2.57. The van der Waals surface area contributed by atoms with Crippen molar-refractivity contribution in [3.8, 4) is 0 Å². The maximum absolute atomic E-state index is 15.5. The third kappa shape index (κ3) is 6.56. The second-order valence-corrected chi connectivity index (χ2v) is 12.1. The van der Waals surface area contributed by atoms with Gasteiger partial charge in [0, 0.05) is 57.3 Å². The number of piperazine rings is 1. The van der Waals surface area contributed by atoms with Gasteiger partial charge in [0.25, 0.3) is 5.92 Å². The lowest BCUT2D eigenvalue weighted by atomic mass is 9.89. The van der Waals surface area contributed by atoms with E-state index in [0.29, 0.717) is 24.1 Å². The van der Waals surface area contributed by atoms with Crippen molar-refractivity contribution in [3.63, 3.8) is 0 Å². The van der Waals surface area contributed by atoms with Gasteiger partial charge in [-0.15, -0.1) is 0 Å². The van der Waals surface area contributed by atoms with Crippen LogP contribution in [0.5, 0.6) is 0 Å². The molecular weight excluding hydrogens is 566 g/mol. The smallest absolute Gasteiger partial charge is 0.416 e. The highest BCUT2D eigenvalue weighted by molar-refractivity contribution is 5.86. The Morgan fingerprint density at radius 2 is 1.49 bits per heavy atom. The van der Waals surface area contributed by atoms with E-state index in [1.54, 1.807) is 25.7 Å². The van der Waals surface area contributed by atoms with Gasteiger partial charge in [-0.1, -0.05) is 12.1 Å². The van der Waals surface area contributed by atoms with Gasteiger partial charge in [-0.05, 0) is 51.7 Å². The van der Waals surface area contributed by atoms with Crippen LogP contribution in [0.4, 0.5) is 39.9 Å². The molecule has 4 rings (SSSR count). The Hall–Kier alpha value is -2.64. The highest BCUT2D eigenvalue weighted by Crippen LogP contribution is 2.59. The fraction of sp³-hybridized carbons (Fsp3) is 0.704. The summed E-state index contributed by atoms with van der Waals surface area (Å²) in [5.41, 5.74) is -5.90. The lowest BCUT2D eigenvalue weighted by Gasteiger charge is -2.35. The molecule has 1 saturated carbocycles. The van der Waals surface area contributed by atoms with Crippen molar-refractivity contribution in [1.29, 1.82) is 0 Å². The third-order valence-corrected chi connectivity index (χ3v) is 7.87. The van der Waals surface area contributed by atoms with Crippen molar-refractivity contribution in [2.75, 3.05) is 39.3 Å². The number of hydrogen-bond donors (Lipinski definition) is 0. The van der Waals surface area contributed by atoms with E-state index in [1.807, 2.05) is 0 Å². The summed E-state index contributed by atoms with van der Waals surface area (Å²) in [5, 5.41) is 0. The number of hydrogen-bond acceptors (Lipinski definition) is 4. The second kappa shape index (κ2) is 10.6. The Kier molecular flexibility index (Phi) is 8.07. The summed E-state index contributed by atoms with van der Waals surface area (Å²) in [7, 11) is 0. The highest BCUT2D eigenvalue weighted by Gasteiger charge is 2.70. The molecule has 0 N–H and O–H groups in total. The fourth-order valence-corrected chi connectivity index (χ4v) is 5.40. The summed E-state index contributed by atoms with van der Waals surface area (Å²) in [6.07, 6.45) is -11.7. The minimum Gasteiger partial charge on any atom is -0.444 e. The van der Waals surface area contributed by atoms with E-state index in [0.717, 1.165) is 6.07 Å². The van der Waals surface area contributed by atoms with E-state index >= 15 is 8.78 Å². The molecule has 6 nitrogen and oxygen atoms in total. The Labute approximate surface area is 232 Å². The standard InChI is InChI=1S/C27H33F8N3O3/c1-23(2,3)41-22(40)37-12-10-36(11-13-37)15-17-4-5-19(20(14-17)26(30,31)32)25(28,29)18-6-9-38(16-18)21(39)24(7-8-24)27(33,34)35/h4-5,14,18H,6-13,15-16H2,1-3H3/t18-/m1/s1. The molecule has 2 heterocycles. The van der Waals surface area contributed by atoms with E-state index in [-0.39, 0.29) is 31.7 Å². The Bertz CT molecular complexity index is 1150. The minimum absolute atomic E-state index is 0.0301. The quantitative estimate of drug-likeness (QED) is 0.388. The van der Waals surface area contributed by atoms with Crippen LogP contribution in [-0.2, 0) is 28.2 Å². The molecule has 0 radical (unpaired) electrons. The first kappa shape index (κ1) is 31.3. The predicted octanol–water partition coefficient (Wildman–Crippen LogP) is 6.04. The zero-order valence-electron chi connectivity index (χ0n) is 23.0. The first-order chi connectivity index (χ1) is 18.7. The average molecular weight is 600 g/mol. The van der Waals surface area contributed by atoms with Crippen LogP contribution in [0.1, 0.15) is 56.7 Å². The van der Waals surface area contributed by atoms with Gasteiger partial charge in [-0.3, -0.25) is 9.69 Å². The molecule has 230 valence electrons. The van der Waals surface area contributed by atoms with Crippen LogP contribution in [0, 0.1) is 11.3 Å². The number of carbonyl (C=O) groups excluding carboxylic acids is 2. The zero-order valence-corrected chi connectivity index (χ0v) is 23.0. The van der Waals surface area contributed by atoms with Crippen molar-refractivity contribution in [2.24, 2.45) is 11.3 Å². The average Bonchev–Trinajstić information content (AvgIpc) is 3.52. The Morgan fingerprint density at radius 1 is 0.878 bits per heavy atom. The molecule has 1 aromatic carbocycles. The highest BCUT2D eigenvalue weighted by atomic mass is 19.4. The number of alkyl halides is 8. The number of nitrogens with zero attached hydrogens (tertiary/aromatic N) is 3. The van der Waals surface area contributed by atoms with Gasteiger partial charge in [-0.2, -0.15) is 26.3 Å². The minimum atomic E-state index is -5.12. The van der Waals surface area contributed by atoms with Crippen LogP contribution in [-0.4, -0.2) is 77.7 Å². The van der Waals surface area contributed by atoms with Gasteiger partial charge in [0.2, 0.25) is 5.91 Å². The number of carbonyl (C=O) groups is 2. The molecule has 2 amide bonds. The van der Waals surface area contributed by atoms with Gasteiger partial charge < -0.3 is 14.5 Å². The lowest BCUT2D eigenvalue weighted by molar-refractivity contribution is -0.198. The predicted molar refractivity (Wildman–Crippen MR) is 131 cm³/mol. The van der Waals surface area contributed by atoms with Crippen molar-refractivity contribution < 1.29 is 49.4 Å². The molecule has 2 aliphatic heterocycles. The molecular formula is C27H33F8N3O3. The van der Waals surface area contributed by atoms with E-state index in [4.69, 9.17) is 4.74 Å².